The smallest absolute Gasteiger partial charge is 0.119 e. The zero-order valence-corrected chi connectivity index (χ0v) is 8.52. The van der Waals surface area contributed by atoms with Gasteiger partial charge in [-0.15, -0.1) is 0 Å². The third-order valence-corrected chi connectivity index (χ3v) is 2.77. The van der Waals surface area contributed by atoms with Crippen LogP contribution in [0.25, 0.3) is 0 Å². The van der Waals surface area contributed by atoms with Gasteiger partial charge in [0.2, 0.25) is 0 Å². The van der Waals surface area contributed by atoms with Crippen LogP contribution in [0.5, 0.6) is 5.75 Å². The molecule has 3 nitrogen and oxygen atoms in total. The van der Waals surface area contributed by atoms with Crippen LogP contribution in [-0.2, 0) is 0 Å². The fourth-order valence-electron chi connectivity index (χ4n) is 1.88. The molecular formula is C12H14N2O. The zero-order valence-electron chi connectivity index (χ0n) is 8.52. The number of nitrogens with zero attached hydrogens (tertiary/aromatic N) is 1. The van der Waals surface area contributed by atoms with Gasteiger partial charge in [0.15, 0.2) is 0 Å². The number of hydrogen-bond donors (Lipinski definition) is 1. The van der Waals surface area contributed by atoms with Gasteiger partial charge in [-0.25, -0.2) is 0 Å². The van der Waals surface area contributed by atoms with Crippen molar-refractivity contribution in [2.75, 3.05) is 0 Å². The summed E-state index contributed by atoms with van der Waals surface area (Å²) in [6.45, 7) is 0. The molecule has 78 valence electrons. The molecule has 2 N–H and O–H groups in total. The van der Waals surface area contributed by atoms with Crippen LogP contribution in [-0.4, -0.2) is 12.1 Å². The van der Waals surface area contributed by atoms with Gasteiger partial charge in [-0.05, 0) is 43.5 Å². The minimum atomic E-state index is 0.137. The molecule has 2 unspecified atom stereocenters. The molecule has 0 saturated heterocycles. The van der Waals surface area contributed by atoms with Crippen molar-refractivity contribution in [2.24, 2.45) is 5.73 Å². The highest BCUT2D eigenvalue weighted by atomic mass is 16.5. The summed E-state index contributed by atoms with van der Waals surface area (Å²) in [6, 6.07) is 9.40. The summed E-state index contributed by atoms with van der Waals surface area (Å²) in [5, 5.41) is 8.64. The maximum Gasteiger partial charge on any atom is 0.119 e. The Labute approximate surface area is 89.5 Å². The molecule has 0 heterocycles. The summed E-state index contributed by atoms with van der Waals surface area (Å²) in [6.07, 6.45) is 3.35. The first kappa shape index (κ1) is 10.0. The average Bonchev–Trinajstić information content (AvgIpc) is 2.66. The van der Waals surface area contributed by atoms with Gasteiger partial charge in [-0.2, -0.15) is 5.26 Å². The van der Waals surface area contributed by atoms with Crippen molar-refractivity contribution in [1.29, 1.82) is 5.26 Å². The predicted octanol–water partition coefficient (Wildman–Crippen LogP) is 1.82. The Kier molecular flexibility index (Phi) is 2.89. The van der Waals surface area contributed by atoms with Crippen LogP contribution in [0.15, 0.2) is 24.3 Å². The SMILES string of the molecule is N#Cc1ccc(OC2CCCC2N)cc1. The maximum atomic E-state index is 8.64. The van der Waals surface area contributed by atoms with Crippen molar-refractivity contribution >= 4 is 0 Å². The Bertz CT molecular complexity index is 366. The summed E-state index contributed by atoms with van der Waals surface area (Å²) in [4.78, 5) is 0. The van der Waals surface area contributed by atoms with E-state index in [1.165, 1.54) is 0 Å². The third kappa shape index (κ3) is 2.28. The molecule has 3 heteroatoms. The highest BCUT2D eigenvalue weighted by molar-refractivity contribution is 5.34. The molecule has 0 bridgehead atoms. The van der Waals surface area contributed by atoms with Crippen LogP contribution in [0.4, 0.5) is 0 Å². The van der Waals surface area contributed by atoms with E-state index in [0.717, 1.165) is 25.0 Å². The van der Waals surface area contributed by atoms with Gasteiger partial charge in [-0.3, -0.25) is 0 Å². The first-order chi connectivity index (χ1) is 7.29. The average molecular weight is 202 g/mol. The molecule has 2 rings (SSSR count). The number of rotatable bonds is 2. The summed E-state index contributed by atoms with van der Waals surface area (Å²) in [5.41, 5.74) is 6.56. The topological polar surface area (TPSA) is 59.0 Å². The van der Waals surface area contributed by atoms with E-state index >= 15 is 0 Å². The lowest BCUT2D eigenvalue weighted by atomic mass is 10.2. The number of ether oxygens (including phenoxy) is 1. The minimum absolute atomic E-state index is 0.137. The molecule has 0 aliphatic heterocycles. The molecule has 15 heavy (non-hydrogen) atoms. The normalized spacial score (nSPS) is 24.8. The molecule has 1 fully saturated rings. The molecule has 2 atom stereocenters. The van der Waals surface area contributed by atoms with Gasteiger partial charge in [0.05, 0.1) is 11.6 Å². The summed E-state index contributed by atoms with van der Waals surface area (Å²) < 4.78 is 5.75. The zero-order chi connectivity index (χ0) is 10.7. The fourth-order valence-corrected chi connectivity index (χ4v) is 1.88. The predicted molar refractivity (Wildman–Crippen MR) is 57.4 cm³/mol. The lowest BCUT2D eigenvalue weighted by Crippen LogP contribution is -2.33. The van der Waals surface area contributed by atoms with Gasteiger partial charge in [-0.1, -0.05) is 0 Å². The summed E-state index contributed by atoms with van der Waals surface area (Å²) >= 11 is 0. The van der Waals surface area contributed by atoms with Crippen molar-refractivity contribution in [1.82, 2.24) is 0 Å². The van der Waals surface area contributed by atoms with Crippen LogP contribution in [0.3, 0.4) is 0 Å². The molecule has 1 saturated carbocycles. The van der Waals surface area contributed by atoms with Crippen LogP contribution in [0.2, 0.25) is 0 Å². The Morgan fingerprint density at radius 3 is 2.53 bits per heavy atom. The number of nitriles is 1. The molecule has 0 radical (unpaired) electrons. The maximum absolute atomic E-state index is 8.64. The van der Waals surface area contributed by atoms with E-state index in [4.69, 9.17) is 15.7 Å². The highest BCUT2D eigenvalue weighted by Gasteiger charge is 2.25. The van der Waals surface area contributed by atoms with E-state index in [1.807, 2.05) is 12.1 Å². The Morgan fingerprint density at radius 2 is 2.00 bits per heavy atom. The second-order valence-corrected chi connectivity index (χ2v) is 3.89. The standard InChI is InChI=1S/C12H14N2O/c13-8-9-4-6-10(7-5-9)15-12-3-1-2-11(12)14/h4-7,11-12H,1-3,14H2. The first-order valence-electron chi connectivity index (χ1n) is 5.22. The molecule has 1 aromatic rings. The Balaban J connectivity index is 2.02. The van der Waals surface area contributed by atoms with Gasteiger partial charge in [0.1, 0.15) is 11.9 Å². The van der Waals surface area contributed by atoms with E-state index in [2.05, 4.69) is 6.07 Å². The molecule has 1 aliphatic rings. The van der Waals surface area contributed by atoms with Crippen molar-refractivity contribution < 1.29 is 4.74 Å². The van der Waals surface area contributed by atoms with Crippen molar-refractivity contribution in [3.05, 3.63) is 29.8 Å². The van der Waals surface area contributed by atoms with Crippen LogP contribution < -0.4 is 10.5 Å². The van der Waals surface area contributed by atoms with Crippen LogP contribution >= 0.6 is 0 Å². The van der Waals surface area contributed by atoms with Crippen molar-refractivity contribution in [3.63, 3.8) is 0 Å². The number of benzene rings is 1. The molecule has 1 aromatic carbocycles. The number of nitrogens with two attached hydrogens (primary N) is 1. The summed E-state index contributed by atoms with van der Waals surface area (Å²) in [7, 11) is 0. The molecule has 0 spiro atoms. The molecule has 0 aromatic heterocycles. The monoisotopic (exact) mass is 202 g/mol. The second-order valence-electron chi connectivity index (χ2n) is 3.89. The largest absolute Gasteiger partial charge is 0.489 e. The second kappa shape index (κ2) is 4.33. The van der Waals surface area contributed by atoms with E-state index in [1.54, 1.807) is 12.1 Å². The highest BCUT2D eigenvalue weighted by Crippen LogP contribution is 2.23. The summed E-state index contributed by atoms with van der Waals surface area (Å²) in [5.74, 6) is 0.802. The minimum Gasteiger partial charge on any atom is -0.489 e. The molecular weight excluding hydrogens is 188 g/mol. The van der Waals surface area contributed by atoms with Crippen LogP contribution in [0.1, 0.15) is 24.8 Å². The fraction of sp³-hybridized carbons (Fsp3) is 0.417. The first-order valence-corrected chi connectivity index (χ1v) is 5.22. The van der Waals surface area contributed by atoms with Gasteiger partial charge < -0.3 is 10.5 Å². The molecule has 1 aliphatic carbocycles. The van der Waals surface area contributed by atoms with Crippen molar-refractivity contribution in [3.8, 4) is 11.8 Å². The van der Waals surface area contributed by atoms with Crippen LogP contribution in [0, 0.1) is 11.3 Å². The molecule has 0 amide bonds. The van der Waals surface area contributed by atoms with E-state index in [0.29, 0.717) is 5.56 Å². The van der Waals surface area contributed by atoms with E-state index < -0.39 is 0 Å². The third-order valence-electron chi connectivity index (χ3n) is 2.77. The lowest BCUT2D eigenvalue weighted by Gasteiger charge is -2.17. The Morgan fingerprint density at radius 1 is 1.27 bits per heavy atom. The Hall–Kier alpha value is -1.53. The van der Waals surface area contributed by atoms with Gasteiger partial charge >= 0.3 is 0 Å². The van der Waals surface area contributed by atoms with E-state index in [-0.39, 0.29) is 12.1 Å². The van der Waals surface area contributed by atoms with Gasteiger partial charge in [0, 0.05) is 6.04 Å². The van der Waals surface area contributed by atoms with Crippen molar-refractivity contribution in [2.45, 2.75) is 31.4 Å². The lowest BCUT2D eigenvalue weighted by molar-refractivity contribution is 0.191. The quantitative estimate of drug-likeness (QED) is 0.795. The van der Waals surface area contributed by atoms with E-state index in [9.17, 15) is 0 Å². The number of hydrogen-bond acceptors (Lipinski definition) is 3. The van der Waals surface area contributed by atoms with Gasteiger partial charge in [0.25, 0.3) is 0 Å².